The predicted octanol–water partition coefficient (Wildman–Crippen LogP) is 1.90. The Bertz CT molecular complexity index is 334. The summed E-state index contributed by atoms with van der Waals surface area (Å²) in [5.41, 5.74) is 1.95. The fourth-order valence-corrected chi connectivity index (χ4v) is 1.05. The highest BCUT2D eigenvalue weighted by Gasteiger charge is 1.89. The Morgan fingerprint density at radius 2 is 2.33 bits per heavy atom. The Morgan fingerprint density at radius 3 is 2.92 bits per heavy atom. The van der Waals surface area contributed by atoms with Gasteiger partial charge in [-0.25, -0.2) is 0 Å². The molecule has 0 saturated heterocycles. The zero-order valence-electron chi connectivity index (χ0n) is 7.62. The van der Waals surface area contributed by atoms with Gasteiger partial charge in [-0.05, 0) is 26.0 Å². The molecule has 0 unspecified atom stereocenters. The molecule has 0 N–H and O–H groups in total. The molecule has 1 aromatic rings. The van der Waals surface area contributed by atoms with Gasteiger partial charge in [-0.1, -0.05) is 12.6 Å². The van der Waals surface area contributed by atoms with Crippen LogP contribution in [0.4, 0.5) is 0 Å². The Balaban J connectivity index is 3.27. The molecule has 0 atom stereocenters. The van der Waals surface area contributed by atoms with Gasteiger partial charge in [-0.2, -0.15) is 0 Å². The van der Waals surface area contributed by atoms with Crippen molar-refractivity contribution in [2.45, 2.75) is 13.8 Å². The zero-order chi connectivity index (χ0) is 8.97. The second-order valence-electron chi connectivity index (χ2n) is 2.64. The molecule has 1 rings (SSSR count). The maximum atomic E-state index is 4.33. The summed E-state index contributed by atoms with van der Waals surface area (Å²) < 4.78 is 1.98. The van der Waals surface area contributed by atoms with Gasteiger partial charge in [0.25, 0.3) is 0 Å². The summed E-state index contributed by atoms with van der Waals surface area (Å²) >= 11 is 0. The first-order valence-electron chi connectivity index (χ1n) is 4.09. The third-order valence-corrected chi connectivity index (χ3v) is 1.57. The SMILES string of the molecule is C=C(C)n1cccc/c1=N/CC. The topological polar surface area (TPSA) is 17.3 Å². The summed E-state index contributed by atoms with van der Waals surface area (Å²) in [6.45, 7) is 8.66. The van der Waals surface area contributed by atoms with Gasteiger partial charge in [-0.15, -0.1) is 0 Å². The summed E-state index contributed by atoms with van der Waals surface area (Å²) in [7, 11) is 0. The second kappa shape index (κ2) is 3.90. The van der Waals surface area contributed by atoms with Crippen molar-refractivity contribution in [2.75, 3.05) is 6.54 Å². The minimum atomic E-state index is 0.803. The number of aromatic nitrogens is 1. The molecule has 0 aliphatic rings. The van der Waals surface area contributed by atoms with Crippen LogP contribution in [-0.2, 0) is 0 Å². The molecule has 0 aliphatic heterocycles. The van der Waals surface area contributed by atoms with E-state index in [4.69, 9.17) is 0 Å². The van der Waals surface area contributed by atoms with E-state index in [1.54, 1.807) is 0 Å². The first-order valence-corrected chi connectivity index (χ1v) is 4.09. The van der Waals surface area contributed by atoms with Gasteiger partial charge < -0.3 is 4.57 Å². The van der Waals surface area contributed by atoms with Crippen LogP contribution in [0.2, 0.25) is 0 Å². The Kier molecular flexibility index (Phi) is 2.86. The lowest BCUT2D eigenvalue weighted by molar-refractivity contribution is 0.915. The standard InChI is InChI=1S/C10H14N2/c1-4-11-10-7-5-6-8-12(10)9(2)3/h5-8H,2,4H2,1,3H3/b11-10-. The van der Waals surface area contributed by atoms with Crippen LogP contribution < -0.4 is 5.49 Å². The summed E-state index contributed by atoms with van der Waals surface area (Å²) in [4.78, 5) is 4.33. The summed E-state index contributed by atoms with van der Waals surface area (Å²) in [5.74, 6) is 0. The average molecular weight is 162 g/mol. The molecule has 64 valence electrons. The van der Waals surface area contributed by atoms with Gasteiger partial charge in [-0.3, -0.25) is 4.99 Å². The van der Waals surface area contributed by atoms with Crippen molar-refractivity contribution in [1.29, 1.82) is 0 Å². The van der Waals surface area contributed by atoms with Crippen LogP contribution in [0.1, 0.15) is 13.8 Å². The normalized spacial score (nSPS) is 11.7. The van der Waals surface area contributed by atoms with Crippen LogP contribution in [0.15, 0.2) is 36.0 Å². The van der Waals surface area contributed by atoms with Crippen LogP contribution in [0.5, 0.6) is 0 Å². The fourth-order valence-electron chi connectivity index (χ4n) is 1.05. The molecule has 2 heteroatoms. The largest absolute Gasteiger partial charge is 0.307 e. The number of hydrogen-bond donors (Lipinski definition) is 0. The highest BCUT2D eigenvalue weighted by molar-refractivity contribution is 5.37. The number of pyridine rings is 1. The number of hydrogen-bond acceptors (Lipinski definition) is 1. The molecule has 1 aromatic heterocycles. The van der Waals surface area contributed by atoms with Crippen LogP contribution >= 0.6 is 0 Å². The molecule has 0 fully saturated rings. The average Bonchev–Trinajstić information content (AvgIpc) is 2.05. The van der Waals surface area contributed by atoms with E-state index in [2.05, 4.69) is 11.6 Å². The van der Waals surface area contributed by atoms with Gasteiger partial charge in [0.1, 0.15) is 5.49 Å². The van der Waals surface area contributed by atoms with Crippen LogP contribution in [0.3, 0.4) is 0 Å². The van der Waals surface area contributed by atoms with Gasteiger partial charge in [0, 0.05) is 18.4 Å². The molecule has 0 aromatic carbocycles. The fraction of sp³-hybridized carbons (Fsp3) is 0.300. The highest BCUT2D eigenvalue weighted by Crippen LogP contribution is 1.93. The van der Waals surface area contributed by atoms with E-state index in [0.29, 0.717) is 0 Å². The van der Waals surface area contributed by atoms with Crippen molar-refractivity contribution >= 4 is 5.70 Å². The van der Waals surface area contributed by atoms with Gasteiger partial charge >= 0.3 is 0 Å². The van der Waals surface area contributed by atoms with Crippen molar-refractivity contribution in [3.63, 3.8) is 0 Å². The maximum Gasteiger partial charge on any atom is 0.131 e. The number of rotatable bonds is 2. The summed E-state index contributed by atoms with van der Waals surface area (Å²) in [6, 6.07) is 5.94. The molecule has 2 nitrogen and oxygen atoms in total. The lowest BCUT2D eigenvalue weighted by Gasteiger charge is -2.04. The van der Waals surface area contributed by atoms with E-state index in [1.807, 2.05) is 42.8 Å². The van der Waals surface area contributed by atoms with E-state index in [0.717, 1.165) is 17.7 Å². The molecule has 12 heavy (non-hydrogen) atoms. The Hall–Kier alpha value is -1.31. The molecule has 0 bridgehead atoms. The van der Waals surface area contributed by atoms with E-state index < -0.39 is 0 Å². The van der Waals surface area contributed by atoms with Crippen molar-refractivity contribution < 1.29 is 0 Å². The molecule has 0 radical (unpaired) electrons. The third kappa shape index (κ3) is 1.84. The molecule has 0 saturated carbocycles. The van der Waals surface area contributed by atoms with E-state index in [-0.39, 0.29) is 0 Å². The number of allylic oxidation sites excluding steroid dienone is 1. The molecule has 0 amide bonds. The van der Waals surface area contributed by atoms with Gasteiger partial charge in [0.2, 0.25) is 0 Å². The van der Waals surface area contributed by atoms with Crippen LogP contribution in [0.25, 0.3) is 5.70 Å². The predicted molar refractivity (Wildman–Crippen MR) is 51.5 cm³/mol. The first-order chi connectivity index (χ1) is 5.75. The molecular formula is C10H14N2. The Morgan fingerprint density at radius 1 is 1.58 bits per heavy atom. The lowest BCUT2D eigenvalue weighted by Crippen LogP contribution is -2.17. The smallest absolute Gasteiger partial charge is 0.131 e. The van der Waals surface area contributed by atoms with Crippen molar-refractivity contribution in [3.8, 4) is 0 Å². The monoisotopic (exact) mass is 162 g/mol. The Labute approximate surface area is 72.9 Å². The summed E-state index contributed by atoms with van der Waals surface area (Å²) in [5, 5.41) is 0. The molecule has 1 heterocycles. The van der Waals surface area contributed by atoms with E-state index in [9.17, 15) is 0 Å². The molecule has 0 spiro atoms. The zero-order valence-corrected chi connectivity index (χ0v) is 7.62. The first kappa shape index (κ1) is 8.78. The maximum absolute atomic E-state index is 4.33. The highest BCUT2D eigenvalue weighted by atomic mass is 15.0. The molecule has 0 aliphatic carbocycles. The van der Waals surface area contributed by atoms with Crippen molar-refractivity contribution in [3.05, 3.63) is 36.5 Å². The van der Waals surface area contributed by atoms with Gasteiger partial charge in [0.05, 0.1) is 0 Å². The van der Waals surface area contributed by atoms with Crippen LogP contribution in [0, 0.1) is 0 Å². The van der Waals surface area contributed by atoms with Crippen molar-refractivity contribution in [2.24, 2.45) is 4.99 Å². The minimum Gasteiger partial charge on any atom is -0.307 e. The second-order valence-corrected chi connectivity index (χ2v) is 2.64. The van der Waals surface area contributed by atoms with E-state index in [1.165, 1.54) is 0 Å². The van der Waals surface area contributed by atoms with E-state index >= 15 is 0 Å². The minimum absolute atomic E-state index is 0.803. The van der Waals surface area contributed by atoms with Crippen LogP contribution in [-0.4, -0.2) is 11.1 Å². The number of nitrogens with zero attached hydrogens (tertiary/aromatic N) is 2. The quantitative estimate of drug-likeness (QED) is 0.632. The summed E-state index contributed by atoms with van der Waals surface area (Å²) in [6.07, 6.45) is 1.97. The lowest BCUT2D eigenvalue weighted by atomic mass is 10.4. The third-order valence-electron chi connectivity index (χ3n) is 1.57. The molecular weight excluding hydrogens is 148 g/mol. The van der Waals surface area contributed by atoms with Gasteiger partial charge in [0.15, 0.2) is 0 Å². The van der Waals surface area contributed by atoms with Crippen molar-refractivity contribution in [1.82, 2.24) is 4.57 Å².